The van der Waals surface area contributed by atoms with Gasteiger partial charge in [0.2, 0.25) is 0 Å². The van der Waals surface area contributed by atoms with Gasteiger partial charge in [-0.1, -0.05) is 6.07 Å². The van der Waals surface area contributed by atoms with Gasteiger partial charge in [-0.15, -0.1) is 10.2 Å². The Morgan fingerprint density at radius 1 is 1.44 bits per heavy atom. The van der Waals surface area contributed by atoms with E-state index in [1.807, 2.05) is 24.6 Å². The average Bonchev–Trinajstić information content (AvgIpc) is 3.18. The number of aryl methyl sites for hydroxylation is 1. The molecule has 1 aromatic carbocycles. The summed E-state index contributed by atoms with van der Waals surface area (Å²) in [6.07, 6.45) is 2.65. The molecule has 1 heterocycles. The molecule has 0 spiro atoms. The van der Waals surface area contributed by atoms with Crippen molar-refractivity contribution in [1.29, 1.82) is 0 Å². The SMILES string of the molecule is CCOc1cccc(C(=O)NC[C@H]2C[C@H](c3nncn3C)C[C@H]2O)c1. The maximum Gasteiger partial charge on any atom is 0.251 e. The van der Waals surface area contributed by atoms with Crippen molar-refractivity contribution < 1.29 is 14.6 Å². The second kappa shape index (κ2) is 7.65. The average molecular weight is 344 g/mol. The maximum atomic E-state index is 12.4. The van der Waals surface area contributed by atoms with Crippen molar-refractivity contribution in [3.8, 4) is 5.75 Å². The van der Waals surface area contributed by atoms with Crippen LogP contribution in [0, 0.1) is 5.92 Å². The van der Waals surface area contributed by atoms with E-state index in [0.29, 0.717) is 30.9 Å². The van der Waals surface area contributed by atoms with Gasteiger partial charge in [0.25, 0.3) is 5.91 Å². The predicted molar refractivity (Wildman–Crippen MR) is 92.4 cm³/mol. The molecule has 3 rings (SSSR count). The largest absolute Gasteiger partial charge is 0.494 e. The van der Waals surface area contributed by atoms with E-state index in [2.05, 4.69) is 15.5 Å². The standard InChI is InChI=1S/C18H24N4O3/c1-3-25-15-6-4-5-12(8-15)18(24)19-10-14-7-13(9-16(14)23)17-21-20-11-22(17)2/h4-6,8,11,13-14,16,23H,3,7,9-10H2,1-2H3,(H,19,24)/t13-,14+,16+/m0/s1. The Morgan fingerprint density at radius 2 is 2.28 bits per heavy atom. The van der Waals surface area contributed by atoms with Crippen LogP contribution in [0.25, 0.3) is 0 Å². The molecule has 2 aromatic rings. The fraction of sp³-hybridized carbons (Fsp3) is 0.500. The first-order valence-corrected chi connectivity index (χ1v) is 8.61. The third kappa shape index (κ3) is 3.99. The van der Waals surface area contributed by atoms with Crippen molar-refractivity contribution in [2.24, 2.45) is 13.0 Å². The van der Waals surface area contributed by atoms with Gasteiger partial charge in [0, 0.05) is 31.0 Å². The first kappa shape index (κ1) is 17.4. The van der Waals surface area contributed by atoms with Crippen LogP contribution in [0.1, 0.15) is 41.9 Å². The van der Waals surface area contributed by atoms with Crippen LogP contribution in [-0.2, 0) is 7.05 Å². The zero-order valence-electron chi connectivity index (χ0n) is 14.6. The molecule has 0 unspecified atom stereocenters. The number of carbonyl (C=O) groups is 1. The molecule has 1 aliphatic rings. The molecule has 25 heavy (non-hydrogen) atoms. The van der Waals surface area contributed by atoms with Gasteiger partial charge >= 0.3 is 0 Å². The van der Waals surface area contributed by atoms with Gasteiger partial charge in [0.15, 0.2) is 0 Å². The Balaban J connectivity index is 1.57. The summed E-state index contributed by atoms with van der Waals surface area (Å²) in [4.78, 5) is 12.4. The van der Waals surface area contributed by atoms with Gasteiger partial charge in [0.1, 0.15) is 17.9 Å². The van der Waals surface area contributed by atoms with E-state index in [1.165, 1.54) is 0 Å². The molecule has 2 N–H and O–H groups in total. The highest BCUT2D eigenvalue weighted by molar-refractivity contribution is 5.94. The normalized spacial score (nSPS) is 22.8. The molecule has 7 heteroatoms. The molecule has 1 aliphatic carbocycles. The summed E-state index contributed by atoms with van der Waals surface area (Å²) in [5.74, 6) is 1.60. The number of amides is 1. The molecular weight excluding hydrogens is 320 g/mol. The highest BCUT2D eigenvalue weighted by Gasteiger charge is 2.36. The smallest absolute Gasteiger partial charge is 0.251 e. The maximum absolute atomic E-state index is 12.4. The molecule has 0 saturated heterocycles. The van der Waals surface area contributed by atoms with E-state index in [4.69, 9.17) is 4.74 Å². The van der Waals surface area contributed by atoms with Crippen LogP contribution < -0.4 is 10.1 Å². The molecule has 1 aromatic heterocycles. The van der Waals surface area contributed by atoms with E-state index in [9.17, 15) is 9.90 Å². The second-order valence-corrected chi connectivity index (χ2v) is 6.47. The van der Waals surface area contributed by atoms with E-state index >= 15 is 0 Å². The zero-order chi connectivity index (χ0) is 17.8. The van der Waals surface area contributed by atoms with Crippen LogP contribution in [0.5, 0.6) is 5.75 Å². The van der Waals surface area contributed by atoms with Crippen LogP contribution in [0.3, 0.4) is 0 Å². The number of benzene rings is 1. The number of nitrogens with one attached hydrogen (secondary N) is 1. The Bertz CT molecular complexity index is 731. The highest BCUT2D eigenvalue weighted by atomic mass is 16.5. The van der Waals surface area contributed by atoms with Crippen molar-refractivity contribution in [3.63, 3.8) is 0 Å². The third-order valence-corrected chi connectivity index (χ3v) is 4.70. The molecule has 1 saturated carbocycles. The van der Waals surface area contributed by atoms with Crippen LogP contribution >= 0.6 is 0 Å². The number of aromatic nitrogens is 3. The molecular formula is C18H24N4O3. The zero-order valence-corrected chi connectivity index (χ0v) is 14.6. The molecule has 3 atom stereocenters. The van der Waals surface area contributed by atoms with Crippen molar-refractivity contribution in [3.05, 3.63) is 42.0 Å². The number of hydrogen-bond donors (Lipinski definition) is 2. The van der Waals surface area contributed by atoms with Crippen molar-refractivity contribution >= 4 is 5.91 Å². The number of aliphatic hydroxyl groups excluding tert-OH is 1. The molecule has 0 radical (unpaired) electrons. The van der Waals surface area contributed by atoms with Gasteiger partial charge < -0.3 is 19.7 Å². The number of carbonyl (C=O) groups excluding carboxylic acids is 1. The van der Waals surface area contributed by atoms with Gasteiger partial charge in [0.05, 0.1) is 12.7 Å². The Morgan fingerprint density at radius 3 is 3.00 bits per heavy atom. The quantitative estimate of drug-likeness (QED) is 0.829. The summed E-state index contributed by atoms with van der Waals surface area (Å²) in [5.41, 5.74) is 0.559. The Hall–Kier alpha value is -2.41. The number of ether oxygens (including phenoxy) is 1. The summed E-state index contributed by atoms with van der Waals surface area (Å²) in [7, 11) is 1.90. The van der Waals surface area contributed by atoms with E-state index in [1.54, 1.807) is 24.5 Å². The Labute approximate surface area is 147 Å². The minimum Gasteiger partial charge on any atom is -0.494 e. The number of hydrogen-bond acceptors (Lipinski definition) is 5. The first-order chi connectivity index (χ1) is 12.1. The number of aliphatic hydroxyl groups is 1. The van der Waals surface area contributed by atoms with Crippen molar-refractivity contribution in [2.75, 3.05) is 13.2 Å². The fourth-order valence-corrected chi connectivity index (χ4v) is 3.41. The molecule has 1 amide bonds. The summed E-state index contributed by atoms with van der Waals surface area (Å²) >= 11 is 0. The van der Waals surface area contributed by atoms with E-state index < -0.39 is 6.10 Å². The topological polar surface area (TPSA) is 89.3 Å². The fourth-order valence-electron chi connectivity index (χ4n) is 3.41. The highest BCUT2D eigenvalue weighted by Crippen LogP contribution is 2.37. The number of rotatable bonds is 6. The van der Waals surface area contributed by atoms with Gasteiger partial charge in [-0.2, -0.15) is 0 Å². The third-order valence-electron chi connectivity index (χ3n) is 4.70. The van der Waals surface area contributed by atoms with E-state index in [0.717, 1.165) is 12.2 Å². The second-order valence-electron chi connectivity index (χ2n) is 6.47. The van der Waals surface area contributed by atoms with Gasteiger partial charge in [-0.25, -0.2) is 0 Å². The minimum atomic E-state index is -0.447. The lowest BCUT2D eigenvalue weighted by Gasteiger charge is -2.15. The van der Waals surface area contributed by atoms with Crippen LogP contribution in [0.2, 0.25) is 0 Å². The molecule has 0 aliphatic heterocycles. The van der Waals surface area contributed by atoms with Gasteiger partial charge in [-0.05, 0) is 38.0 Å². The molecule has 7 nitrogen and oxygen atoms in total. The monoisotopic (exact) mass is 344 g/mol. The summed E-state index contributed by atoms with van der Waals surface area (Å²) in [6, 6.07) is 7.11. The first-order valence-electron chi connectivity index (χ1n) is 8.61. The van der Waals surface area contributed by atoms with Crippen molar-refractivity contribution in [1.82, 2.24) is 20.1 Å². The summed E-state index contributed by atoms with van der Waals surface area (Å²) in [5, 5.41) is 21.3. The van der Waals surface area contributed by atoms with Gasteiger partial charge in [-0.3, -0.25) is 4.79 Å². The number of nitrogens with zero attached hydrogens (tertiary/aromatic N) is 3. The van der Waals surface area contributed by atoms with Crippen LogP contribution in [0.15, 0.2) is 30.6 Å². The lowest BCUT2D eigenvalue weighted by atomic mass is 10.0. The molecule has 1 fully saturated rings. The lowest BCUT2D eigenvalue weighted by molar-refractivity contribution is 0.0916. The molecule has 134 valence electrons. The molecule has 0 bridgehead atoms. The lowest BCUT2D eigenvalue weighted by Crippen LogP contribution is -2.32. The van der Waals surface area contributed by atoms with Crippen LogP contribution in [-0.4, -0.2) is 45.0 Å². The summed E-state index contributed by atoms with van der Waals surface area (Å²) < 4.78 is 7.31. The summed E-state index contributed by atoms with van der Waals surface area (Å²) in [6.45, 7) is 2.90. The van der Waals surface area contributed by atoms with Crippen LogP contribution in [0.4, 0.5) is 0 Å². The van der Waals surface area contributed by atoms with E-state index in [-0.39, 0.29) is 17.7 Å². The van der Waals surface area contributed by atoms with Crippen molar-refractivity contribution in [2.45, 2.75) is 31.8 Å². The predicted octanol–water partition coefficient (Wildman–Crippen LogP) is 1.50. The minimum absolute atomic E-state index is 0.0146. The Kier molecular flexibility index (Phi) is 5.33.